The van der Waals surface area contributed by atoms with Gasteiger partial charge >= 0.3 is 267 Å². The second-order valence-corrected chi connectivity index (χ2v) is 18.6. The Bertz CT molecular complexity index is 2410. The maximum absolute atomic E-state index is 6.95. The van der Waals surface area contributed by atoms with Gasteiger partial charge in [-0.3, -0.25) is 0 Å². The number of alkyl halides is 1. The van der Waals surface area contributed by atoms with Crippen LogP contribution < -0.4 is 26.9 Å². The number of hydrogen-bond acceptors (Lipinski definition) is 3. The number of thiophene rings is 2. The average molecular weight is 862 g/mol. The zero-order valence-corrected chi connectivity index (χ0v) is 28.8. The van der Waals surface area contributed by atoms with Crippen LogP contribution >= 0.6 is 67.9 Å². The molecule has 9 aromatic rings. The quantitative estimate of drug-likeness (QED) is 0.0616. The molecule has 0 aliphatic heterocycles. The van der Waals surface area contributed by atoms with E-state index < -0.39 is 0 Å². The molecule has 2 aromatic heterocycles. The molecule has 6 heteroatoms. The van der Waals surface area contributed by atoms with Gasteiger partial charge in [-0.25, -0.2) is 0 Å². The molecule has 0 saturated carbocycles. The van der Waals surface area contributed by atoms with Crippen molar-refractivity contribution in [2.45, 2.75) is 20.8 Å². The average Bonchev–Trinajstić information content (AvgIpc) is 3.46. The maximum atomic E-state index is 6.95. The standard InChI is InChI=1S/C32H19I3NS2/c1-4-35-21-9-18-26-24-14(16-6-12(3)38-32(16)18)10-22(36)28-20(34)8-17-25(30(24)28)23-13(7-19(33)27(21)29(23)26)15-5-11(2)37-31(15)17/h5-10H,4,36H2,1-3H3/q-1. The minimum atomic E-state index is -0.0736. The summed E-state index contributed by atoms with van der Waals surface area (Å²) in [6.07, 6.45) is 0. The van der Waals surface area contributed by atoms with Crippen LogP contribution in [0.25, 0.3) is 84.8 Å². The summed E-state index contributed by atoms with van der Waals surface area (Å²) in [6, 6.07) is 14.6. The summed E-state index contributed by atoms with van der Waals surface area (Å²) >= 11 is 8.98. The normalized spacial score (nSPS) is 13.3. The van der Waals surface area contributed by atoms with Gasteiger partial charge in [0.2, 0.25) is 0 Å². The van der Waals surface area contributed by atoms with Crippen molar-refractivity contribution in [2.24, 2.45) is 0 Å². The fourth-order valence-corrected chi connectivity index (χ4v) is 13.7. The van der Waals surface area contributed by atoms with E-state index in [1.54, 1.807) is 3.57 Å². The zero-order chi connectivity index (χ0) is 25.8. The first kappa shape index (κ1) is 23.5. The van der Waals surface area contributed by atoms with Gasteiger partial charge in [0.15, 0.2) is 0 Å². The Hall–Kier alpha value is -1.21. The molecule has 0 aliphatic carbocycles. The predicted octanol–water partition coefficient (Wildman–Crippen LogP) is 8.04. The molecule has 0 bridgehead atoms. The SMILES string of the molecule is CC[I-]c1cc2c3sc(C)cc3c3cc(N)c4c(I)cc5c6sc(C)cc6c6cc(I)c1c1c6c5c4c3c21. The second kappa shape index (κ2) is 7.74. The Labute approximate surface area is 264 Å². The second-order valence-electron chi connectivity index (χ2n) is 10.3. The number of anilines is 1. The van der Waals surface area contributed by atoms with Gasteiger partial charge in [-0.1, -0.05) is 0 Å². The van der Waals surface area contributed by atoms with Crippen molar-refractivity contribution in [3.8, 4) is 0 Å². The van der Waals surface area contributed by atoms with Crippen LogP contribution in [0, 0.1) is 24.6 Å². The predicted molar refractivity (Wildman–Crippen MR) is 184 cm³/mol. The van der Waals surface area contributed by atoms with Crippen LogP contribution in [0.4, 0.5) is 5.69 Å². The fraction of sp³-hybridized carbons (Fsp3) is 0.125. The van der Waals surface area contributed by atoms with E-state index in [2.05, 4.69) is 102 Å². The van der Waals surface area contributed by atoms with Gasteiger partial charge in [0.25, 0.3) is 0 Å². The van der Waals surface area contributed by atoms with Gasteiger partial charge in [0.05, 0.1) is 0 Å². The number of aryl methyl sites for hydroxylation is 2. The van der Waals surface area contributed by atoms with E-state index in [1.807, 2.05) is 22.7 Å². The molecule has 0 saturated heterocycles. The van der Waals surface area contributed by atoms with E-state index in [0.29, 0.717) is 0 Å². The van der Waals surface area contributed by atoms with Gasteiger partial charge < -0.3 is 0 Å². The van der Waals surface area contributed by atoms with Gasteiger partial charge in [0.1, 0.15) is 0 Å². The molecule has 0 spiro atoms. The zero-order valence-electron chi connectivity index (χ0n) is 20.7. The first-order chi connectivity index (χ1) is 18.4. The van der Waals surface area contributed by atoms with Crippen LogP contribution in [0.5, 0.6) is 0 Å². The van der Waals surface area contributed by atoms with Gasteiger partial charge in [-0.05, 0) is 0 Å². The summed E-state index contributed by atoms with van der Waals surface area (Å²) in [5.74, 6) is 0. The Kier molecular flexibility index (Phi) is 4.79. The molecular formula is C32H19I3NS2-. The number of nitrogen functional groups attached to an aromatic ring is 1. The Balaban J connectivity index is 1.80. The van der Waals surface area contributed by atoms with Gasteiger partial charge in [-0.15, -0.1) is 0 Å². The van der Waals surface area contributed by atoms with Crippen molar-refractivity contribution >= 4 is 158 Å². The van der Waals surface area contributed by atoms with Crippen molar-refractivity contribution in [1.82, 2.24) is 0 Å². The third-order valence-corrected chi connectivity index (χ3v) is 14.6. The van der Waals surface area contributed by atoms with Crippen molar-refractivity contribution in [1.29, 1.82) is 0 Å². The van der Waals surface area contributed by atoms with Crippen molar-refractivity contribution < 1.29 is 21.2 Å². The number of fused-ring (bicyclic) bond motifs is 6. The molecule has 0 radical (unpaired) electrons. The van der Waals surface area contributed by atoms with Crippen molar-refractivity contribution in [3.63, 3.8) is 0 Å². The Morgan fingerprint density at radius 3 is 1.74 bits per heavy atom. The molecule has 0 atom stereocenters. The molecule has 9 rings (SSSR count). The molecule has 0 unspecified atom stereocenters. The molecule has 0 amide bonds. The van der Waals surface area contributed by atoms with Crippen molar-refractivity contribution in [2.75, 3.05) is 10.2 Å². The number of halogens is 3. The van der Waals surface area contributed by atoms with Gasteiger partial charge in [-0.2, -0.15) is 0 Å². The van der Waals surface area contributed by atoms with Crippen LogP contribution in [0.1, 0.15) is 16.7 Å². The van der Waals surface area contributed by atoms with Crippen LogP contribution in [0.3, 0.4) is 0 Å². The van der Waals surface area contributed by atoms with Crippen molar-refractivity contribution in [3.05, 3.63) is 56.9 Å². The number of rotatable bonds is 2. The van der Waals surface area contributed by atoms with E-state index in [4.69, 9.17) is 5.73 Å². The van der Waals surface area contributed by atoms with E-state index in [-0.39, 0.29) is 21.2 Å². The first-order valence-electron chi connectivity index (χ1n) is 12.6. The number of nitrogens with two attached hydrogens (primary N) is 1. The van der Waals surface area contributed by atoms with Crippen LogP contribution in [-0.2, 0) is 0 Å². The topological polar surface area (TPSA) is 26.0 Å². The summed E-state index contributed by atoms with van der Waals surface area (Å²) < 4.78 is 8.35. The third kappa shape index (κ3) is 2.68. The molecular weight excluding hydrogens is 843 g/mol. The molecule has 38 heavy (non-hydrogen) atoms. The first-order valence-corrected chi connectivity index (χ1v) is 19.0. The summed E-state index contributed by atoms with van der Waals surface area (Å²) in [6.45, 7) is 6.86. The molecule has 2 N–H and O–H groups in total. The summed E-state index contributed by atoms with van der Waals surface area (Å²) in [5, 5.41) is 19.8. The summed E-state index contributed by atoms with van der Waals surface area (Å²) in [4.78, 5) is 2.74. The summed E-state index contributed by atoms with van der Waals surface area (Å²) in [7, 11) is 0. The van der Waals surface area contributed by atoms with E-state index >= 15 is 0 Å². The molecule has 7 aromatic carbocycles. The minimum absolute atomic E-state index is 0.0736. The molecule has 186 valence electrons. The van der Waals surface area contributed by atoms with Gasteiger partial charge in [0, 0.05) is 0 Å². The summed E-state index contributed by atoms with van der Waals surface area (Å²) in [5.41, 5.74) is 7.85. The Morgan fingerprint density at radius 1 is 0.605 bits per heavy atom. The number of hydrogen-bond donors (Lipinski definition) is 1. The third-order valence-electron chi connectivity index (χ3n) is 8.25. The molecule has 0 fully saturated rings. The molecule has 2 heterocycles. The van der Waals surface area contributed by atoms with Crippen LogP contribution in [0.2, 0.25) is 0 Å². The van der Waals surface area contributed by atoms with E-state index in [9.17, 15) is 0 Å². The van der Waals surface area contributed by atoms with E-state index in [0.717, 1.165) is 5.69 Å². The molecule has 0 aliphatic rings. The Morgan fingerprint density at radius 2 is 1.11 bits per heavy atom. The number of benzene rings is 7. The van der Waals surface area contributed by atoms with Crippen LogP contribution in [-0.4, -0.2) is 4.43 Å². The van der Waals surface area contributed by atoms with Crippen LogP contribution in [0.15, 0.2) is 36.4 Å². The fourth-order valence-electron chi connectivity index (χ4n) is 7.06. The van der Waals surface area contributed by atoms with E-state index in [1.165, 1.54) is 106 Å². The molecule has 1 nitrogen and oxygen atoms in total. The monoisotopic (exact) mass is 862 g/mol.